The number of thiophene rings is 1. The van der Waals surface area contributed by atoms with E-state index < -0.39 is 5.97 Å². The van der Waals surface area contributed by atoms with Gasteiger partial charge in [0, 0.05) is 6.07 Å². The Bertz CT molecular complexity index is 705. The zero-order valence-corrected chi connectivity index (χ0v) is 10.2. The molecule has 7 heteroatoms. The Labute approximate surface area is 106 Å². The van der Waals surface area contributed by atoms with Gasteiger partial charge >= 0.3 is 5.97 Å². The molecule has 0 aliphatic heterocycles. The summed E-state index contributed by atoms with van der Waals surface area (Å²) < 4.78 is 6.80. The molecular weight excluding hydrogens is 252 g/mol. The van der Waals surface area contributed by atoms with Crippen LogP contribution in [0.15, 0.2) is 29.9 Å². The van der Waals surface area contributed by atoms with Gasteiger partial charge in [-0.25, -0.2) is 4.79 Å². The molecule has 0 amide bonds. The summed E-state index contributed by atoms with van der Waals surface area (Å²) in [5, 5.41) is 13.6. The van der Waals surface area contributed by atoms with Gasteiger partial charge in [0.1, 0.15) is 11.2 Å². The molecule has 3 rings (SSSR count). The van der Waals surface area contributed by atoms with Crippen LogP contribution in [-0.4, -0.2) is 25.8 Å². The lowest BCUT2D eigenvalue weighted by Gasteiger charge is -2.04. The van der Waals surface area contributed by atoms with Crippen molar-refractivity contribution >= 4 is 23.0 Å². The lowest BCUT2D eigenvalue weighted by atomic mass is 10.4. The SMILES string of the molecule is Cc1cc(OC(=O)c2cccs2)c2nncn2n1. The number of fused-ring (bicyclic) bond motifs is 1. The largest absolute Gasteiger partial charge is 0.418 e. The number of carbonyl (C=O) groups is 1. The summed E-state index contributed by atoms with van der Waals surface area (Å²) in [5.74, 6) is -0.0427. The van der Waals surface area contributed by atoms with E-state index in [1.54, 1.807) is 18.2 Å². The van der Waals surface area contributed by atoms with Gasteiger partial charge in [-0.3, -0.25) is 0 Å². The van der Waals surface area contributed by atoms with Crippen molar-refractivity contribution in [3.63, 3.8) is 0 Å². The Hall–Kier alpha value is -2.28. The predicted octanol–water partition coefficient (Wildman–Crippen LogP) is 1.71. The summed E-state index contributed by atoms with van der Waals surface area (Å²) in [5.41, 5.74) is 1.14. The minimum absolute atomic E-state index is 0.360. The molecule has 0 bridgehead atoms. The first-order chi connectivity index (χ1) is 8.74. The van der Waals surface area contributed by atoms with Gasteiger partial charge in [0.15, 0.2) is 5.75 Å². The van der Waals surface area contributed by atoms with Gasteiger partial charge in [-0.05, 0) is 18.4 Å². The average Bonchev–Trinajstić information content (AvgIpc) is 2.98. The van der Waals surface area contributed by atoms with E-state index in [4.69, 9.17) is 4.74 Å². The number of hydrogen-bond acceptors (Lipinski definition) is 6. The minimum atomic E-state index is -0.402. The van der Waals surface area contributed by atoms with E-state index in [0.717, 1.165) is 5.69 Å². The second kappa shape index (κ2) is 4.19. The van der Waals surface area contributed by atoms with Crippen molar-refractivity contribution in [1.82, 2.24) is 19.8 Å². The highest BCUT2D eigenvalue weighted by Gasteiger charge is 2.14. The molecule has 0 saturated carbocycles. The molecule has 0 aromatic carbocycles. The Morgan fingerprint density at radius 2 is 2.39 bits per heavy atom. The Morgan fingerprint density at radius 1 is 1.50 bits per heavy atom. The topological polar surface area (TPSA) is 69.4 Å². The zero-order valence-electron chi connectivity index (χ0n) is 9.40. The Kier molecular flexibility index (Phi) is 2.52. The molecule has 0 N–H and O–H groups in total. The van der Waals surface area contributed by atoms with Crippen LogP contribution in [0.2, 0.25) is 0 Å². The van der Waals surface area contributed by atoms with Gasteiger partial charge in [0.05, 0.1) is 5.69 Å². The summed E-state index contributed by atoms with van der Waals surface area (Å²) in [6, 6.07) is 5.17. The summed E-state index contributed by atoms with van der Waals surface area (Å²) in [4.78, 5) is 12.4. The quantitative estimate of drug-likeness (QED) is 0.656. The average molecular weight is 260 g/mol. The van der Waals surface area contributed by atoms with Crippen molar-refractivity contribution in [3.05, 3.63) is 40.5 Å². The van der Waals surface area contributed by atoms with Crippen molar-refractivity contribution in [3.8, 4) is 5.75 Å². The number of carbonyl (C=O) groups excluding carboxylic acids is 1. The van der Waals surface area contributed by atoms with E-state index in [1.807, 2.05) is 12.3 Å². The van der Waals surface area contributed by atoms with Crippen LogP contribution in [0.4, 0.5) is 0 Å². The van der Waals surface area contributed by atoms with Crippen LogP contribution >= 0.6 is 11.3 Å². The number of rotatable bonds is 2. The van der Waals surface area contributed by atoms with E-state index >= 15 is 0 Å². The predicted molar refractivity (Wildman–Crippen MR) is 64.8 cm³/mol. The van der Waals surface area contributed by atoms with Crippen LogP contribution < -0.4 is 4.74 Å². The third-order valence-electron chi connectivity index (χ3n) is 2.28. The monoisotopic (exact) mass is 260 g/mol. The van der Waals surface area contributed by atoms with Crippen molar-refractivity contribution in [2.24, 2.45) is 0 Å². The van der Waals surface area contributed by atoms with Crippen molar-refractivity contribution in [1.29, 1.82) is 0 Å². The van der Waals surface area contributed by atoms with E-state index in [0.29, 0.717) is 16.3 Å². The van der Waals surface area contributed by atoms with E-state index in [9.17, 15) is 4.79 Å². The van der Waals surface area contributed by atoms with Crippen LogP contribution in [0.1, 0.15) is 15.4 Å². The molecule has 3 aromatic heterocycles. The molecule has 0 saturated heterocycles. The molecule has 3 heterocycles. The Morgan fingerprint density at radius 3 is 3.17 bits per heavy atom. The second-order valence-electron chi connectivity index (χ2n) is 3.62. The molecule has 0 radical (unpaired) electrons. The van der Waals surface area contributed by atoms with Crippen molar-refractivity contribution < 1.29 is 9.53 Å². The van der Waals surface area contributed by atoms with Crippen LogP contribution in [-0.2, 0) is 0 Å². The number of aromatic nitrogens is 4. The first-order valence-corrected chi connectivity index (χ1v) is 6.05. The van der Waals surface area contributed by atoms with E-state index in [-0.39, 0.29) is 0 Å². The van der Waals surface area contributed by atoms with Crippen LogP contribution in [0.25, 0.3) is 5.65 Å². The molecule has 0 atom stereocenters. The molecule has 90 valence electrons. The summed E-state index contributed by atoms with van der Waals surface area (Å²) in [6.07, 6.45) is 1.46. The van der Waals surface area contributed by atoms with Gasteiger partial charge in [0.25, 0.3) is 0 Å². The third kappa shape index (κ3) is 1.84. The maximum Gasteiger partial charge on any atom is 0.353 e. The minimum Gasteiger partial charge on any atom is -0.418 e. The van der Waals surface area contributed by atoms with Gasteiger partial charge in [-0.2, -0.15) is 9.61 Å². The first-order valence-electron chi connectivity index (χ1n) is 5.17. The summed E-state index contributed by atoms with van der Waals surface area (Å²) in [7, 11) is 0. The summed E-state index contributed by atoms with van der Waals surface area (Å²) in [6.45, 7) is 1.81. The van der Waals surface area contributed by atoms with Crippen LogP contribution in [0.3, 0.4) is 0 Å². The normalized spacial score (nSPS) is 10.7. The highest BCUT2D eigenvalue weighted by Crippen LogP contribution is 2.20. The molecule has 0 spiro atoms. The maximum atomic E-state index is 11.9. The van der Waals surface area contributed by atoms with Gasteiger partial charge in [-0.1, -0.05) is 6.07 Å². The molecule has 6 nitrogen and oxygen atoms in total. The van der Waals surface area contributed by atoms with Gasteiger partial charge < -0.3 is 4.74 Å². The van der Waals surface area contributed by atoms with E-state index in [1.165, 1.54) is 22.2 Å². The molecule has 0 aliphatic carbocycles. The molecule has 18 heavy (non-hydrogen) atoms. The zero-order chi connectivity index (χ0) is 12.5. The molecular formula is C11H8N4O2S. The van der Waals surface area contributed by atoms with Crippen LogP contribution in [0.5, 0.6) is 5.75 Å². The van der Waals surface area contributed by atoms with Crippen molar-refractivity contribution in [2.75, 3.05) is 0 Å². The lowest BCUT2D eigenvalue weighted by Crippen LogP contribution is -2.08. The highest BCUT2D eigenvalue weighted by atomic mass is 32.1. The maximum absolute atomic E-state index is 11.9. The van der Waals surface area contributed by atoms with Crippen LogP contribution in [0, 0.1) is 6.92 Å². The van der Waals surface area contributed by atoms with E-state index in [2.05, 4.69) is 15.3 Å². The third-order valence-corrected chi connectivity index (χ3v) is 3.13. The number of ether oxygens (including phenoxy) is 1. The fourth-order valence-corrected chi connectivity index (χ4v) is 2.14. The number of nitrogens with zero attached hydrogens (tertiary/aromatic N) is 4. The fourth-order valence-electron chi connectivity index (χ4n) is 1.54. The summed E-state index contributed by atoms with van der Waals surface area (Å²) >= 11 is 1.33. The fraction of sp³-hybridized carbons (Fsp3) is 0.0909. The molecule has 0 unspecified atom stereocenters. The second-order valence-corrected chi connectivity index (χ2v) is 4.56. The van der Waals surface area contributed by atoms with Crippen molar-refractivity contribution in [2.45, 2.75) is 6.92 Å². The molecule has 3 aromatic rings. The van der Waals surface area contributed by atoms with Gasteiger partial charge in [0.2, 0.25) is 5.65 Å². The standard InChI is InChI=1S/C11H8N4O2S/c1-7-5-8(10-13-12-6-15(10)14-7)17-11(16)9-3-2-4-18-9/h2-6H,1H3. The molecule has 0 fully saturated rings. The number of esters is 1. The number of aryl methyl sites for hydroxylation is 1. The lowest BCUT2D eigenvalue weighted by molar-refractivity contribution is 0.0741. The Balaban J connectivity index is 1.99. The van der Waals surface area contributed by atoms with Gasteiger partial charge in [-0.15, -0.1) is 21.5 Å². The smallest absolute Gasteiger partial charge is 0.353 e. The highest BCUT2D eigenvalue weighted by molar-refractivity contribution is 7.12. The first kappa shape index (κ1) is 10.8. The number of hydrogen-bond donors (Lipinski definition) is 0. The molecule has 0 aliphatic rings.